The van der Waals surface area contributed by atoms with Gasteiger partial charge in [-0.15, -0.1) is 0 Å². The predicted octanol–water partition coefficient (Wildman–Crippen LogP) is 0.259. The van der Waals surface area contributed by atoms with Gasteiger partial charge in [-0.25, -0.2) is 0 Å². The maximum Gasteiger partial charge on any atom is 0.224 e. The zero-order valence-corrected chi connectivity index (χ0v) is 10.9. The molecule has 0 spiro atoms. The number of hydrogen-bond donors (Lipinski definition) is 2. The molecule has 4 nitrogen and oxygen atoms in total. The Bertz CT molecular complexity index is 252. The Labute approximate surface area is 100 Å². The first kappa shape index (κ1) is 13.6. The van der Waals surface area contributed by atoms with Gasteiger partial charge in [-0.3, -0.25) is 9.00 Å². The third kappa shape index (κ3) is 4.61. The SMILES string of the molecule is CC(CCNC(=O)[C@H]1CCCNC1)S(C)=O. The summed E-state index contributed by atoms with van der Waals surface area (Å²) in [4.78, 5) is 11.7. The summed E-state index contributed by atoms with van der Waals surface area (Å²) in [6.45, 7) is 4.40. The van der Waals surface area contributed by atoms with Crippen molar-refractivity contribution in [3.8, 4) is 0 Å². The maximum absolute atomic E-state index is 11.7. The highest BCUT2D eigenvalue weighted by Gasteiger charge is 2.20. The molecule has 2 unspecified atom stereocenters. The van der Waals surface area contributed by atoms with E-state index in [2.05, 4.69) is 10.6 Å². The zero-order chi connectivity index (χ0) is 12.0. The van der Waals surface area contributed by atoms with Crippen LogP contribution < -0.4 is 10.6 Å². The average molecular weight is 246 g/mol. The van der Waals surface area contributed by atoms with Crippen molar-refractivity contribution >= 4 is 16.7 Å². The summed E-state index contributed by atoms with van der Waals surface area (Å²) in [6, 6.07) is 0. The molecule has 0 bridgehead atoms. The fraction of sp³-hybridized carbons (Fsp3) is 0.909. The molecule has 0 aliphatic carbocycles. The van der Waals surface area contributed by atoms with Crippen molar-refractivity contribution in [2.45, 2.75) is 31.4 Å². The minimum absolute atomic E-state index is 0.121. The lowest BCUT2D eigenvalue weighted by Gasteiger charge is -2.22. The van der Waals surface area contributed by atoms with E-state index >= 15 is 0 Å². The molecular weight excluding hydrogens is 224 g/mol. The Morgan fingerprint density at radius 3 is 2.94 bits per heavy atom. The van der Waals surface area contributed by atoms with Crippen LogP contribution >= 0.6 is 0 Å². The molecule has 1 aliphatic heterocycles. The summed E-state index contributed by atoms with van der Waals surface area (Å²) in [5, 5.41) is 6.31. The van der Waals surface area contributed by atoms with Crippen LogP contribution in [0.5, 0.6) is 0 Å². The second-order valence-corrected chi connectivity index (χ2v) is 6.23. The number of hydrogen-bond acceptors (Lipinski definition) is 3. The third-order valence-electron chi connectivity index (χ3n) is 3.08. The van der Waals surface area contributed by atoms with Crippen molar-refractivity contribution in [3.63, 3.8) is 0 Å². The van der Waals surface area contributed by atoms with E-state index in [0.29, 0.717) is 6.54 Å². The molecule has 2 N–H and O–H groups in total. The van der Waals surface area contributed by atoms with Gasteiger partial charge in [-0.1, -0.05) is 6.92 Å². The van der Waals surface area contributed by atoms with E-state index in [1.165, 1.54) is 0 Å². The molecule has 0 saturated carbocycles. The van der Waals surface area contributed by atoms with E-state index in [9.17, 15) is 9.00 Å². The van der Waals surface area contributed by atoms with Gasteiger partial charge in [0.2, 0.25) is 5.91 Å². The molecule has 1 heterocycles. The zero-order valence-electron chi connectivity index (χ0n) is 10.1. The van der Waals surface area contributed by atoms with Crippen molar-refractivity contribution in [1.82, 2.24) is 10.6 Å². The lowest BCUT2D eigenvalue weighted by atomic mass is 9.99. The summed E-state index contributed by atoms with van der Waals surface area (Å²) >= 11 is 0. The summed E-state index contributed by atoms with van der Waals surface area (Å²) in [5.74, 6) is 0.262. The fourth-order valence-corrected chi connectivity index (χ4v) is 2.23. The van der Waals surface area contributed by atoms with Crippen LogP contribution in [0.4, 0.5) is 0 Å². The van der Waals surface area contributed by atoms with Gasteiger partial charge in [0, 0.05) is 35.4 Å². The van der Waals surface area contributed by atoms with Crippen molar-refractivity contribution in [2.75, 3.05) is 25.9 Å². The molecule has 1 rings (SSSR count). The molecule has 3 atom stereocenters. The van der Waals surface area contributed by atoms with Crippen LogP contribution in [0.25, 0.3) is 0 Å². The fourth-order valence-electron chi connectivity index (χ4n) is 1.78. The number of carbonyl (C=O) groups excluding carboxylic acids is 1. The molecule has 94 valence electrons. The molecule has 5 heteroatoms. The second kappa shape index (κ2) is 7.01. The highest BCUT2D eigenvalue weighted by Crippen LogP contribution is 2.09. The van der Waals surface area contributed by atoms with E-state index in [0.717, 1.165) is 32.4 Å². The molecule has 1 amide bonds. The van der Waals surface area contributed by atoms with Crippen molar-refractivity contribution in [3.05, 3.63) is 0 Å². The van der Waals surface area contributed by atoms with E-state index < -0.39 is 10.8 Å². The standard InChI is InChI=1S/C11H22N2O2S/c1-9(16(2)15)5-7-13-11(14)10-4-3-6-12-8-10/h9-10,12H,3-8H2,1-2H3,(H,13,14)/t9?,10-,16?/m0/s1. The lowest BCUT2D eigenvalue weighted by Crippen LogP contribution is -2.41. The first-order chi connectivity index (χ1) is 7.61. The van der Waals surface area contributed by atoms with E-state index in [1.807, 2.05) is 6.92 Å². The minimum atomic E-state index is -0.793. The van der Waals surface area contributed by atoms with Crippen LogP contribution in [0.1, 0.15) is 26.2 Å². The summed E-state index contributed by atoms with van der Waals surface area (Å²) in [5.41, 5.74) is 0. The molecule has 1 aliphatic rings. The highest BCUT2D eigenvalue weighted by atomic mass is 32.2. The van der Waals surface area contributed by atoms with Gasteiger partial charge in [0.05, 0.1) is 5.92 Å². The largest absolute Gasteiger partial charge is 0.356 e. The molecule has 0 aromatic rings. The minimum Gasteiger partial charge on any atom is -0.356 e. The van der Waals surface area contributed by atoms with Gasteiger partial charge >= 0.3 is 0 Å². The van der Waals surface area contributed by atoms with E-state index in [-0.39, 0.29) is 17.1 Å². The van der Waals surface area contributed by atoms with Gasteiger partial charge in [-0.2, -0.15) is 0 Å². The average Bonchev–Trinajstić information content (AvgIpc) is 2.29. The van der Waals surface area contributed by atoms with Crippen LogP contribution in [0, 0.1) is 5.92 Å². The number of piperidine rings is 1. The smallest absolute Gasteiger partial charge is 0.224 e. The third-order valence-corrected chi connectivity index (χ3v) is 4.45. The van der Waals surface area contributed by atoms with Gasteiger partial charge in [-0.05, 0) is 25.8 Å². The predicted molar refractivity (Wildman–Crippen MR) is 66.7 cm³/mol. The van der Waals surface area contributed by atoms with Gasteiger partial charge in [0.1, 0.15) is 0 Å². The Kier molecular flexibility index (Phi) is 5.98. The number of carbonyl (C=O) groups is 1. The normalized spacial score (nSPS) is 24.8. The molecule has 0 aromatic heterocycles. The number of rotatable bonds is 5. The monoisotopic (exact) mass is 246 g/mol. The van der Waals surface area contributed by atoms with Crippen LogP contribution in [0.3, 0.4) is 0 Å². The molecule has 0 radical (unpaired) electrons. The lowest BCUT2D eigenvalue weighted by molar-refractivity contribution is -0.125. The molecule has 1 fully saturated rings. The molecule has 16 heavy (non-hydrogen) atoms. The molecule has 1 saturated heterocycles. The quantitative estimate of drug-likeness (QED) is 0.731. The molecular formula is C11H22N2O2S. The highest BCUT2D eigenvalue weighted by molar-refractivity contribution is 7.84. The Morgan fingerprint density at radius 2 is 2.38 bits per heavy atom. The van der Waals surface area contributed by atoms with Gasteiger partial charge < -0.3 is 10.6 Å². The maximum atomic E-state index is 11.7. The first-order valence-electron chi connectivity index (χ1n) is 5.92. The van der Waals surface area contributed by atoms with Crippen LogP contribution in [0.2, 0.25) is 0 Å². The summed E-state index contributed by atoms with van der Waals surface area (Å²) in [7, 11) is -0.793. The number of nitrogens with one attached hydrogen (secondary N) is 2. The summed E-state index contributed by atoms with van der Waals surface area (Å²) < 4.78 is 11.1. The van der Waals surface area contributed by atoms with Crippen LogP contribution in [-0.2, 0) is 15.6 Å². The number of amides is 1. The van der Waals surface area contributed by atoms with Crippen molar-refractivity contribution in [2.24, 2.45) is 5.92 Å². The van der Waals surface area contributed by atoms with Gasteiger partial charge in [0.25, 0.3) is 0 Å². The van der Waals surface area contributed by atoms with Crippen molar-refractivity contribution < 1.29 is 9.00 Å². The topological polar surface area (TPSA) is 58.2 Å². The Hall–Kier alpha value is -0.420. The Balaban J connectivity index is 2.16. The Morgan fingerprint density at radius 1 is 1.62 bits per heavy atom. The van der Waals surface area contributed by atoms with Crippen molar-refractivity contribution in [1.29, 1.82) is 0 Å². The van der Waals surface area contributed by atoms with Crippen LogP contribution in [0.15, 0.2) is 0 Å². The summed E-state index contributed by atoms with van der Waals surface area (Å²) in [6.07, 6.45) is 4.55. The molecule has 0 aromatic carbocycles. The first-order valence-corrected chi connectivity index (χ1v) is 7.54. The van der Waals surface area contributed by atoms with Gasteiger partial charge in [0.15, 0.2) is 0 Å². The second-order valence-electron chi connectivity index (χ2n) is 4.43. The van der Waals surface area contributed by atoms with Crippen LogP contribution in [-0.4, -0.2) is 41.3 Å². The van der Waals surface area contributed by atoms with E-state index in [1.54, 1.807) is 6.26 Å². The van der Waals surface area contributed by atoms with E-state index in [4.69, 9.17) is 0 Å².